The number of benzene rings is 2. The second-order valence-corrected chi connectivity index (χ2v) is 7.54. The summed E-state index contributed by atoms with van der Waals surface area (Å²) in [6.07, 6.45) is 0. The van der Waals surface area contributed by atoms with Gasteiger partial charge >= 0.3 is 0 Å². The Morgan fingerprint density at radius 2 is 1.78 bits per heavy atom. The minimum Gasteiger partial charge on any atom is -0.320 e. The maximum absolute atomic E-state index is 12.5. The summed E-state index contributed by atoms with van der Waals surface area (Å²) in [5, 5.41) is 11.8. The molecule has 0 bridgehead atoms. The van der Waals surface area contributed by atoms with Gasteiger partial charge in [0.2, 0.25) is 5.91 Å². The number of anilines is 2. The van der Waals surface area contributed by atoms with Crippen LogP contribution in [0.3, 0.4) is 0 Å². The van der Waals surface area contributed by atoms with Crippen LogP contribution < -0.4 is 10.2 Å². The minimum absolute atomic E-state index is 0.0385. The topological polar surface area (TPSA) is 74.1 Å². The van der Waals surface area contributed by atoms with Crippen molar-refractivity contribution >= 4 is 45.8 Å². The third kappa shape index (κ3) is 3.04. The predicted molar refractivity (Wildman–Crippen MR) is 110 cm³/mol. The van der Waals surface area contributed by atoms with E-state index < -0.39 is 0 Å². The van der Waals surface area contributed by atoms with E-state index in [4.69, 9.17) is 0 Å². The van der Waals surface area contributed by atoms with Gasteiger partial charge in [-0.3, -0.25) is 14.5 Å². The zero-order valence-corrected chi connectivity index (χ0v) is 16.1. The van der Waals surface area contributed by atoms with Gasteiger partial charge in [0, 0.05) is 5.56 Å². The number of para-hydroxylation sites is 1. The molecule has 2 heterocycles. The SMILES string of the molecule is Cc1ccc2c(c1)C(=NN=C1SCC(=O)N1c1c(C)cccc1C)C(=O)N2. The van der Waals surface area contributed by atoms with Gasteiger partial charge in [-0.05, 0) is 44.0 Å². The Morgan fingerprint density at radius 1 is 1.04 bits per heavy atom. The van der Waals surface area contributed by atoms with Gasteiger partial charge in [-0.2, -0.15) is 0 Å². The molecule has 2 aromatic carbocycles. The number of nitrogens with one attached hydrogen (secondary N) is 1. The third-order valence-corrected chi connectivity index (χ3v) is 5.47. The molecular weight excluding hydrogens is 360 g/mol. The first-order valence-corrected chi connectivity index (χ1v) is 9.54. The van der Waals surface area contributed by atoms with Crippen LogP contribution in [0.25, 0.3) is 0 Å². The molecule has 0 radical (unpaired) electrons. The van der Waals surface area contributed by atoms with Crippen molar-refractivity contribution < 1.29 is 9.59 Å². The molecule has 1 N–H and O–H groups in total. The molecule has 2 aromatic rings. The van der Waals surface area contributed by atoms with Crippen LogP contribution in [0.2, 0.25) is 0 Å². The van der Waals surface area contributed by atoms with E-state index in [1.165, 1.54) is 11.8 Å². The zero-order chi connectivity index (χ0) is 19.1. The molecule has 6 nitrogen and oxygen atoms in total. The Bertz CT molecular complexity index is 1020. The smallest absolute Gasteiger partial charge is 0.276 e. The first kappa shape index (κ1) is 17.5. The fourth-order valence-corrected chi connectivity index (χ4v) is 4.08. The molecule has 136 valence electrons. The highest BCUT2D eigenvalue weighted by Gasteiger charge is 2.32. The van der Waals surface area contributed by atoms with Crippen LogP contribution in [0.15, 0.2) is 46.6 Å². The molecule has 7 heteroatoms. The summed E-state index contributed by atoms with van der Waals surface area (Å²) in [4.78, 5) is 26.4. The summed E-state index contributed by atoms with van der Waals surface area (Å²) in [7, 11) is 0. The van der Waals surface area contributed by atoms with Crippen molar-refractivity contribution in [3.05, 3.63) is 58.7 Å². The number of amidine groups is 1. The Morgan fingerprint density at radius 3 is 2.52 bits per heavy atom. The van der Waals surface area contributed by atoms with Crippen molar-refractivity contribution in [1.82, 2.24) is 0 Å². The lowest BCUT2D eigenvalue weighted by Crippen LogP contribution is -2.30. The Hall–Kier alpha value is -2.93. The van der Waals surface area contributed by atoms with E-state index in [9.17, 15) is 9.59 Å². The van der Waals surface area contributed by atoms with Crippen molar-refractivity contribution in [2.24, 2.45) is 10.2 Å². The molecular formula is C20H18N4O2S. The number of rotatable bonds is 2. The first-order chi connectivity index (χ1) is 13.0. The van der Waals surface area contributed by atoms with E-state index in [1.807, 2.05) is 57.2 Å². The summed E-state index contributed by atoms with van der Waals surface area (Å²) < 4.78 is 0. The summed E-state index contributed by atoms with van der Waals surface area (Å²) in [6.45, 7) is 5.89. The van der Waals surface area contributed by atoms with Crippen molar-refractivity contribution in [3.63, 3.8) is 0 Å². The Kier molecular flexibility index (Phi) is 4.31. The number of fused-ring (bicyclic) bond motifs is 1. The van der Waals surface area contributed by atoms with Crippen LogP contribution in [-0.4, -0.2) is 28.4 Å². The highest BCUT2D eigenvalue weighted by atomic mass is 32.2. The van der Waals surface area contributed by atoms with E-state index in [0.29, 0.717) is 10.9 Å². The normalized spacial score (nSPS) is 19.1. The highest BCUT2D eigenvalue weighted by molar-refractivity contribution is 8.15. The van der Waals surface area contributed by atoms with Crippen LogP contribution >= 0.6 is 11.8 Å². The first-order valence-electron chi connectivity index (χ1n) is 8.55. The molecule has 0 aliphatic carbocycles. The van der Waals surface area contributed by atoms with Crippen molar-refractivity contribution in [2.75, 3.05) is 16.0 Å². The van der Waals surface area contributed by atoms with Crippen LogP contribution in [0.1, 0.15) is 22.3 Å². The van der Waals surface area contributed by atoms with Gasteiger partial charge in [0.05, 0.1) is 17.1 Å². The lowest BCUT2D eigenvalue weighted by molar-refractivity contribution is -0.115. The lowest BCUT2D eigenvalue weighted by atomic mass is 10.1. The number of thioether (sulfide) groups is 1. The van der Waals surface area contributed by atoms with Gasteiger partial charge in [-0.25, -0.2) is 0 Å². The van der Waals surface area contributed by atoms with E-state index in [1.54, 1.807) is 4.90 Å². The molecule has 0 saturated carbocycles. The Balaban J connectivity index is 1.76. The Labute approximate surface area is 161 Å². The number of nitrogens with zero attached hydrogens (tertiary/aromatic N) is 3. The van der Waals surface area contributed by atoms with E-state index >= 15 is 0 Å². The number of hydrogen-bond acceptors (Lipinski definition) is 5. The van der Waals surface area contributed by atoms with Crippen molar-refractivity contribution in [1.29, 1.82) is 0 Å². The fraction of sp³-hybridized carbons (Fsp3) is 0.200. The largest absolute Gasteiger partial charge is 0.320 e. The quantitative estimate of drug-likeness (QED) is 0.814. The average molecular weight is 378 g/mol. The summed E-state index contributed by atoms with van der Waals surface area (Å²) in [5.41, 5.74) is 5.58. The average Bonchev–Trinajstić information content (AvgIpc) is 3.13. The minimum atomic E-state index is -0.284. The molecule has 0 spiro atoms. The van der Waals surface area contributed by atoms with Gasteiger partial charge in [-0.1, -0.05) is 41.6 Å². The van der Waals surface area contributed by atoms with E-state index in [0.717, 1.165) is 33.6 Å². The number of hydrogen-bond donors (Lipinski definition) is 1. The second-order valence-electron chi connectivity index (χ2n) is 6.59. The summed E-state index contributed by atoms with van der Waals surface area (Å²) in [5.74, 6) is -0.0179. The highest BCUT2D eigenvalue weighted by Crippen LogP contribution is 2.32. The molecule has 0 unspecified atom stereocenters. The van der Waals surface area contributed by atoms with Gasteiger partial charge in [0.1, 0.15) is 0 Å². The molecule has 27 heavy (non-hydrogen) atoms. The molecule has 0 atom stereocenters. The zero-order valence-electron chi connectivity index (χ0n) is 15.2. The second kappa shape index (κ2) is 6.66. The predicted octanol–water partition coefficient (Wildman–Crippen LogP) is 3.40. The van der Waals surface area contributed by atoms with E-state index in [-0.39, 0.29) is 17.5 Å². The molecule has 2 aliphatic heterocycles. The van der Waals surface area contributed by atoms with Crippen LogP contribution in [0.4, 0.5) is 11.4 Å². The molecule has 1 fully saturated rings. The molecule has 2 amide bonds. The monoisotopic (exact) mass is 378 g/mol. The summed E-state index contributed by atoms with van der Waals surface area (Å²) >= 11 is 1.33. The van der Waals surface area contributed by atoms with Crippen molar-refractivity contribution in [3.8, 4) is 0 Å². The standard InChI is InChI=1S/C20H18N4O2S/c1-11-7-8-15-14(9-11)17(19(26)21-15)22-23-20-24(16(25)10-27-20)18-12(2)5-4-6-13(18)3/h4-9H,10H2,1-3H3,(H,21,22,26). The number of aryl methyl sites for hydroxylation is 3. The van der Waals surface area contributed by atoms with Gasteiger partial charge < -0.3 is 5.32 Å². The number of amides is 2. The third-order valence-electron chi connectivity index (χ3n) is 4.56. The van der Waals surface area contributed by atoms with Gasteiger partial charge in [0.15, 0.2) is 10.9 Å². The van der Waals surface area contributed by atoms with Crippen LogP contribution in [0, 0.1) is 20.8 Å². The van der Waals surface area contributed by atoms with Crippen LogP contribution in [-0.2, 0) is 9.59 Å². The van der Waals surface area contributed by atoms with Gasteiger partial charge in [-0.15, -0.1) is 10.2 Å². The van der Waals surface area contributed by atoms with Crippen molar-refractivity contribution in [2.45, 2.75) is 20.8 Å². The summed E-state index contributed by atoms with van der Waals surface area (Å²) in [6, 6.07) is 11.6. The maximum Gasteiger partial charge on any atom is 0.276 e. The van der Waals surface area contributed by atoms with E-state index in [2.05, 4.69) is 15.5 Å². The maximum atomic E-state index is 12.5. The molecule has 2 aliphatic rings. The van der Waals surface area contributed by atoms with Crippen LogP contribution in [0.5, 0.6) is 0 Å². The lowest BCUT2D eigenvalue weighted by Gasteiger charge is -2.20. The fourth-order valence-electron chi connectivity index (χ4n) is 3.27. The molecule has 0 aromatic heterocycles. The van der Waals surface area contributed by atoms with Gasteiger partial charge in [0.25, 0.3) is 5.91 Å². The molecule has 1 saturated heterocycles. The number of carbonyl (C=O) groups is 2. The number of carbonyl (C=O) groups excluding carboxylic acids is 2. The molecule has 4 rings (SSSR count).